The molecule has 1 aromatic carbocycles. The lowest BCUT2D eigenvalue weighted by Crippen LogP contribution is -2.55. The van der Waals surface area contributed by atoms with E-state index in [1.807, 2.05) is 0 Å². The topological polar surface area (TPSA) is 70.2 Å². The first-order valence-electron chi connectivity index (χ1n) is 11.2. The van der Waals surface area contributed by atoms with Crippen molar-refractivity contribution in [3.63, 3.8) is 0 Å². The maximum absolute atomic E-state index is 13.1. The molecule has 2 saturated heterocycles. The number of ether oxygens (including phenoxy) is 1. The first-order chi connectivity index (χ1) is 14.6. The molecule has 0 spiro atoms. The molecule has 0 aromatic heterocycles. The Morgan fingerprint density at radius 2 is 1.60 bits per heavy atom. The van der Waals surface area contributed by atoms with Gasteiger partial charge in [-0.05, 0) is 44.0 Å². The van der Waals surface area contributed by atoms with Crippen molar-refractivity contribution in [2.45, 2.75) is 57.5 Å². The van der Waals surface area contributed by atoms with Crippen molar-refractivity contribution in [3.05, 3.63) is 29.8 Å². The molecule has 1 unspecified atom stereocenters. The molecule has 1 aliphatic carbocycles. The van der Waals surface area contributed by atoms with E-state index in [9.17, 15) is 14.4 Å². The summed E-state index contributed by atoms with van der Waals surface area (Å²) < 4.78 is 4.99. The molecule has 1 saturated carbocycles. The highest BCUT2D eigenvalue weighted by molar-refractivity contribution is 6.22. The smallest absolute Gasteiger partial charge is 0.338 e. The normalized spacial score (nSPS) is 24.4. The number of carbonyl (C=O) groups is 3. The van der Waals surface area contributed by atoms with Crippen LogP contribution in [0.3, 0.4) is 0 Å². The first-order valence-corrected chi connectivity index (χ1v) is 11.2. The second kappa shape index (κ2) is 9.27. The van der Waals surface area contributed by atoms with Gasteiger partial charge in [-0.15, -0.1) is 0 Å². The Kier molecular flexibility index (Phi) is 6.49. The van der Waals surface area contributed by atoms with Crippen molar-refractivity contribution in [2.75, 3.05) is 37.7 Å². The van der Waals surface area contributed by atoms with Crippen LogP contribution in [0.2, 0.25) is 0 Å². The lowest BCUT2D eigenvalue weighted by atomic mass is 9.93. The highest BCUT2D eigenvalue weighted by atomic mass is 16.5. The third-order valence-electron chi connectivity index (χ3n) is 6.64. The third kappa shape index (κ3) is 4.27. The molecule has 7 heteroatoms. The van der Waals surface area contributed by atoms with E-state index in [-0.39, 0.29) is 24.3 Å². The summed E-state index contributed by atoms with van der Waals surface area (Å²) in [5, 5.41) is 0. The Labute approximate surface area is 177 Å². The highest BCUT2D eigenvalue weighted by Crippen LogP contribution is 2.28. The predicted octanol–water partition coefficient (Wildman–Crippen LogP) is 2.45. The summed E-state index contributed by atoms with van der Waals surface area (Å²) in [6.07, 6.45) is 6.80. The molecule has 2 amide bonds. The van der Waals surface area contributed by atoms with E-state index < -0.39 is 5.97 Å². The minimum atomic E-state index is -0.406. The molecule has 162 valence electrons. The van der Waals surface area contributed by atoms with Crippen LogP contribution in [-0.4, -0.2) is 72.5 Å². The average molecular weight is 414 g/mol. The molecule has 3 fully saturated rings. The Balaban J connectivity index is 1.38. The number of benzene rings is 1. The number of esters is 1. The summed E-state index contributed by atoms with van der Waals surface area (Å²) in [5.74, 6) is -0.740. The summed E-state index contributed by atoms with van der Waals surface area (Å²) in [7, 11) is 0. The minimum Gasteiger partial charge on any atom is -0.462 e. The Morgan fingerprint density at radius 1 is 0.967 bits per heavy atom. The third-order valence-corrected chi connectivity index (χ3v) is 6.64. The minimum absolute atomic E-state index is 0.157. The number of imide groups is 1. The number of carbonyl (C=O) groups excluding carboxylic acids is 3. The van der Waals surface area contributed by atoms with E-state index in [0.717, 1.165) is 26.2 Å². The number of amides is 2. The van der Waals surface area contributed by atoms with Crippen LogP contribution in [0.25, 0.3) is 0 Å². The quantitative estimate of drug-likeness (QED) is 0.546. The molecular weight excluding hydrogens is 382 g/mol. The average Bonchev–Trinajstić information content (AvgIpc) is 3.08. The van der Waals surface area contributed by atoms with Gasteiger partial charge in [0.05, 0.1) is 30.3 Å². The molecule has 2 heterocycles. The molecule has 1 aromatic rings. The monoisotopic (exact) mass is 413 g/mol. The van der Waals surface area contributed by atoms with Crippen LogP contribution in [0.4, 0.5) is 5.69 Å². The van der Waals surface area contributed by atoms with Gasteiger partial charge in [-0.2, -0.15) is 0 Å². The molecule has 2 aliphatic heterocycles. The Bertz CT molecular complexity index is 780. The van der Waals surface area contributed by atoms with Crippen LogP contribution in [0.15, 0.2) is 24.3 Å². The SMILES string of the molecule is CCOC(=O)c1ccc(N2C(=O)CC(N3CCN(C4CCCCC4)CC3)C2=O)cc1. The summed E-state index contributed by atoms with van der Waals surface area (Å²) in [6, 6.07) is 6.80. The van der Waals surface area contributed by atoms with Crippen LogP contribution >= 0.6 is 0 Å². The Morgan fingerprint density at radius 3 is 2.23 bits per heavy atom. The van der Waals surface area contributed by atoms with E-state index >= 15 is 0 Å². The molecule has 4 rings (SSSR count). The molecule has 0 N–H and O–H groups in total. The van der Waals surface area contributed by atoms with E-state index in [4.69, 9.17) is 4.74 Å². The van der Waals surface area contributed by atoms with Gasteiger partial charge in [0.25, 0.3) is 5.91 Å². The van der Waals surface area contributed by atoms with E-state index in [1.165, 1.54) is 37.0 Å². The lowest BCUT2D eigenvalue weighted by Gasteiger charge is -2.42. The van der Waals surface area contributed by atoms with Crippen LogP contribution in [-0.2, 0) is 14.3 Å². The second-order valence-electron chi connectivity index (χ2n) is 8.42. The van der Waals surface area contributed by atoms with Gasteiger partial charge in [0.2, 0.25) is 5.91 Å². The maximum atomic E-state index is 13.1. The van der Waals surface area contributed by atoms with Crippen molar-refractivity contribution in [2.24, 2.45) is 0 Å². The van der Waals surface area contributed by atoms with E-state index in [2.05, 4.69) is 9.80 Å². The van der Waals surface area contributed by atoms with Crippen LogP contribution in [0.5, 0.6) is 0 Å². The van der Waals surface area contributed by atoms with Gasteiger partial charge in [-0.3, -0.25) is 19.4 Å². The van der Waals surface area contributed by atoms with Gasteiger partial charge in [0, 0.05) is 32.2 Å². The first kappa shape index (κ1) is 21.0. The number of piperazine rings is 1. The number of hydrogen-bond acceptors (Lipinski definition) is 6. The molecular formula is C23H31N3O4. The molecule has 30 heavy (non-hydrogen) atoms. The second-order valence-corrected chi connectivity index (χ2v) is 8.42. The van der Waals surface area contributed by atoms with Gasteiger partial charge < -0.3 is 4.74 Å². The van der Waals surface area contributed by atoms with Gasteiger partial charge in [-0.1, -0.05) is 19.3 Å². The van der Waals surface area contributed by atoms with Crippen molar-refractivity contribution < 1.29 is 19.1 Å². The van der Waals surface area contributed by atoms with Gasteiger partial charge in [0.15, 0.2) is 0 Å². The zero-order valence-corrected chi connectivity index (χ0v) is 17.7. The number of rotatable bonds is 5. The fourth-order valence-electron chi connectivity index (χ4n) is 4.99. The molecule has 0 bridgehead atoms. The highest BCUT2D eigenvalue weighted by Gasteiger charge is 2.43. The number of hydrogen-bond donors (Lipinski definition) is 0. The lowest BCUT2D eigenvalue weighted by molar-refractivity contribution is -0.123. The fourth-order valence-corrected chi connectivity index (χ4v) is 4.99. The van der Waals surface area contributed by atoms with Crippen molar-refractivity contribution in [1.82, 2.24) is 9.80 Å². The van der Waals surface area contributed by atoms with Crippen molar-refractivity contribution in [3.8, 4) is 0 Å². The largest absolute Gasteiger partial charge is 0.462 e. The molecule has 1 atom stereocenters. The summed E-state index contributed by atoms with van der Waals surface area (Å²) in [5.41, 5.74) is 0.927. The summed E-state index contributed by atoms with van der Waals surface area (Å²) in [4.78, 5) is 43.6. The van der Waals surface area contributed by atoms with E-state index in [0.29, 0.717) is 23.9 Å². The van der Waals surface area contributed by atoms with Gasteiger partial charge in [0.1, 0.15) is 0 Å². The molecule has 0 radical (unpaired) electrons. The molecule has 3 aliphatic rings. The van der Waals surface area contributed by atoms with Gasteiger partial charge >= 0.3 is 5.97 Å². The van der Waals surface area contributed by atoms with Crippen molar-refractivity contribution in [1.29, 1.82) is 0 Å². The molecule has 7 nitrogen and oxygen atoms in total. The number of nitrogens with zero attached hydrogens (tertiary/aromatic N) is 3. The predicted molar refractivity (Wildman–Crippen MR) is 113 cm³/mol. The maximum Gasteiger partial charge on any atom is 0.338 e. The zero-order valence-electron chi connectivity index (χ0n) is 17.7. The van der Waals surface area contributed by atoms with Crippen LogP contribution in [0, 0.1) is 0 Å². The van der Waals surface area contributed by atoms with Crippen LogP contribution in [0.1, 0.15) is 55.8 Å². The fraction of sp³-hybridized carbons (Fsp3) is 0.609. The van der Waals surface area contributed by atoms with Crippen molar-refractivity contribution >= 4 is 23.5 Å². The zero-order chi connectivity index (χ0) is 21.1. The Hall–Kier alpha value is -2.25. The standard InChI is InChI=1S/C23H31N3O4/c1-2-30-23(29)17-8-10-19(11-9-17)26-21(27)16-20(22(26)28)25-14-12-24(13-15-25)18-6-4-3-5-7-18/h8-11,18,20H,2-7,12-16H2,1H3. The summed E-state index contributed by atoms with van der Waals surface area (Å²) in [6.45, 7) is 5.65. The van der Waals surface area contributed by atoms with Crippen LogP contribution < -0.4 is 4.90 Å². The number of anilines is 1. The van der Waals surface area contributed by atoms with E-state index in [1.54, 1.807) is 31.2 Å². The summed E-state index contributed by atoms with van der Waals surface area (Å²) >= 11 is 0. The van der Waals surface area contributed by atoms with Gasteiger partial charge in [-0.25, -0.2) is 9.69 Å².